The van der Waals surface area contributed by atoms with Gasteiger partial charge >= 0.3 is 0 Å². The Bertz CT molecular complexity index is 1030. The van der Waals surface area contributed by atoms with Gasteiger partial charge in [-0.1, -0.05) is 12.1 Å². The molecule has 0 aliphatic carbocycles. The summed E-state index contributed by atoms with van der Waals surface area (Å²) in [5, 5.41) is 6.89. The molecule has 0 atom stereocenters. The summed E-state index contributed by atoms with van der Waals surface area (Å²) < 4.78 is 6.59. The van der Waals surface area contributed by atoms with Gasteiger partial charge in [-0.3, -0.25) is 9.59 Å². The monoisotopic (exact) mass is 509 g/mol. The maximum absolute atomic E-state index is 12.2. The number of thiophene rings is 1. The van der Waals surface area contributed by atoms with Crippen LogP contribution in [0.5, 0.6) is 0 Å². The first-order valence-electron chi connectivity index (χ1n) is 7.69. The molecular formula is C18H13Br2N3O3S. The number of rotatable bonds is 5. The largest absolute Gasteiger partial charge is 0.444 e. The Morgan fingerprint density at radius 3 is 2.56 bits per heavy atom. The SMILES string of the molecule is C/C(=N\NC(=O)c1ccc(Br)s1)c1cccc(NC(=O)c2ccc(Br)o2)c1. The van der Waals surface area contributed by atoms with E-state index in [1.165, 1.54) is 11.3 Å². The highest BCUT2D eigenvalue weighted by atomic mass is 79.9. The highest BCUT2D eigenvalue weighted by molar-refractivity contribution is 9.11. The third-order valence-electron chi connectivity index (χ3n) is 3.46. The predicted octanol–water partition coefficient (Wildman–Crippen LogP) is 5.27. The van der Waals surface area contributed by atoms with E-state index in [0.29, 0.717) is 20.9 Å². The summed E-state index contributed by atoms with van der Waals surface area (Å²) in [5.41, 5.74) is 4.49. The fourth-order valence-corrected chi connectivity index (χ4v) is 3.72. The van der Waals surface area contributed by atoms with E-state index in [1.807, 2.05) is 6.07 Å². The van der Waals surface area contributed by atoms with E-state index in [1.54, 1.807) is 49.4 Å². The van der Waals surface area contributed by atoms with Crippen LogP contribution in [0.15, 0.2) is 66.5 Å². The third kappa shape index (κ3) is 5.15. The number of furan rings is 1. The van der Waals surface area contributed by atoms with Crippen molar-refractivity contribution in [1.82, 2.24) is 5.43 Å². The van der Waals surface area contributed by atoms with Crippen molar-refractivity contribution in [1.29, 1.82) is 0 Å². The first-order chi connectivity index (χ1) is 12.9. The number of hydrogen-bond acceptors (Lipinski definition) is 5. The topological polar surface area (TPSA) is 83.7 Å². The van der Waals surface area contributed by atoms with Crippen LogP contribution < -0.4 is 10.7 Å². The smallest absolute Gasteiger partial charge is 0.291 e. The second-order valence-corrected chi connectivity index (χ2v) is 8.63. The highest BCUT2D eigenvalue weighted by Crippen LogP contribution is 2.22. The lowest BCUT2D eigenvalue weighted by molar-refractivity contribution is 0.0957. The van der Waals surface area contributed by atoms with Crippen LogP contribution in [0.4, 0.5) is 5.69 Å². The van der Waals surface area contributed by atoms with Gasteiger partial charge in [-0.05, 0) is 80.7 Å². The first kappa shape index (κ1) is 19.5. The Balaban J connectivity index is 1.68. The maximum atomic E-state index is 12.2. The first-order valence-corrected chi connectivity index (χ1v) is 10.1. The second-order valence-electron chi connectivity index (χ2n) is 5.38. The molecule has 0 spiro atoms. The van der Waals surface area contributed by atoms with Gasteiger partial charge in [-0.15, -0.1) is 11.3 Å². The van der Waals surface area contributed by atoms with E-state index in [9.17, 15) is 9.59 Å². The minimum Gasteiger partial charge on any atom is -0.444 e. The number of amides is 2. The number of benzene rings is 1. The molecule has 3 aromatic rings. The number of nitrogens with zero attached hydrogens (tertiary/aromatic N) is 1. The average Bonchev–Trinajstić information content (AvgIpc) is 3.28. The van der Waals surface area contributed by atoms with Gasteiger partial charge in [-0.25, -0.2) is 5.43 Å². The molecule has 2 amide bonds. The molecule has 0 unspecified atom stereocenters. The molecule has 0 saturated carbocycles. The normalized spacial score (nSPS) is 11.3. The van der Waals surface area contributed by atoms with Gasteiger partial charge in [0.05, 0.1) is 14.4 Å². The molecule has 9 heteroatoms. The van der Waals surface area contributed by atoms with E-state index in [0.717, 1.165) is 9.35 Å². The zero-order valence-electron chi connectivity index (χ0n) is 14.0. The zero-order valence-corrected chi connectivity index (χ0v) is 17.9. The Kier molecular flexibility index (Phi) is 6.25. The zero-order chi connectivity index (χ0) is 19.4. The van der Waals surface area contributed by atoms with Crippen molar-refractivity contribution in [3.05, 3.63) is 73.2 Å². The van der Waals surface area contributed by atoms with Gasteiger partial charge in [0.2, 0.25) is 0 Å². The van der Waals surface area contributed by atoms with Crippen molar-refractivity contribution < 1.29 is 14.0 Å². The second kappa shape index (κ2) is 8.64. The molecule has 0 saturated heterocycles. The molecule has 2 aromatic heterocycles. The van der Waals surface area contributed by atoms with Crippen molar-refractivity contribution in [2.45, 2.75) is 6.92 Å². The van der Waals surface area contributed by atoms with Crippen molar-refractivity contribution in [2.24, 2.45) is 5.10 Å². The predicted molar refractivity (Wildman–Crippen MR) is 112 cm³/mol. The van der Waals surface area contributed by atoms with Crippen LogP contribution in [0.3, 0.4) is 0 Å². The van der Waals surface area contributed by atoms with Crippen LogP contribution in [0.1, 0.15) is 32.7 Å². The Labute approximate surface area is 175 Å². The molecule has 2 heterocycles. The quantitative estimate of drug-likeness (QED) is 0.362. The molecule has 0 aliphatic rings. The number of hydrogen-bond donors (Lipinski definition) is 2. The van der Waals surface area contributed by atoms with E-state index >= 15 is 0 Å². The van der Waals surface area contributed by atoms with Crippen LogP contribution in [0.25, 0.3) is 0 Å². The summed E-state index contributed by atoms with van der Waals surface area (Å²) in [6, 6.07) is 13.9. The number of anilines is 1. The number of carbonyl (C=O) groups excluding carboxylic acids is 2. The number of hydrazone groups is 1. The van der Waals surface area contributed by atoms with Crippen molar-refractivity contribution >= 4 is 66.4 Å². The lowest BCUT2D eigenvalue weighted by Gasteiger charge is -2.06. The lowest BCUT2D eigenvalue weighted by Crippen LogP contribution is -2.18. The summed E-state index contributed by atoms with van der Waals surface area (Å²) in [6.07, 6.45) is 0. The van der Waals surface area contributed by atoms with Gasteiger partial charge < -0.3 is 9.73 Å². The average molecular weight is 511 g/mol. The van der Waals surface area contributed by atoms with Crippen LogP contribution in [0, 0.1) is 0 Å². The molecule has 6 nitrogen and oxygen atoms in total. The number of carbonyl (C=O) groups is 2. The molecule has 0 bridgehead atoms. The lowest BCUT2D eigenvalue weighted by atomic mass is 10.1. The standard InChI is InChI=1S/C18H13Br2N3O3S/c1-10(22-23-18(25)14-6-8-16(20)27-14)11-3-2-4-12(9-11)21-17(24)13-5-7-15(19)26-13/h2-9H,1H3,(H,21,24)(H,23,25)/b22-10+. The summed E-state index contributed by atoms with van der Waals surface area (Å²) in [5.74, 6) is -0.436. The summed E-state index contributed by atoms with van der Waals surface area (Å²) in [4.78, 5) is 24.8. The van der Waals surface area contributed by atoms with Gasteiger partial charge in [-0.2, -0.15) is 5.10 Å². The number of halogens is 2. The Morgan fingerprint density at radius 1 is 1.07 bits per heavy atom. The van der Waals surface area contributed by atoms with E-state index in [4.69, 9.17) is 4.42 Å². The van der Waals surface area contributed by atoms with Crippen molar-refractivity contribution in [2.75, 3.05) is 5.32 Å². The summed E-state index contributed by atoms with van der Waals surface area (Å²) in [6.45, 7) is 1.77. The van der Waals surface area contributed by atoms with Gasteiger partial charge in [0.1, 0.15) is 0 Å². The van der Waals surface area contributed by atoms with Crippen molar-refractivity contribution in [3.63, 3.8) is 0 Å². The van der Waals surface area contributed by atoms with Gasteiger partial charge in [0.15, 0.2) is 10.4 Å². The van der Waals surface area contributed by atoms with Crippen LogP contribution in [0.2, 0.25) is 0 Å². The Morgan fingerprint density at radius 2 is 1.89 bits per heavy atom. The van der Waals surface area contributed by atoms with E-state index in [2.05, 4.69) is 47.7 Å². The van der Waals surface area contributed by atoms with Crippen LogP contribution >= 0.6 is 43.2 Å². The highest BCUT2D eigenvalue weighted by Gasteiger charge is 2.12. The van der Waals surface area contributed by atoms with Crippen LogP contribution in [-0.2, 0) is 0 Å². The summed E-state index contributed by atoms with van der Waals surface area (Å²) in [7, 11) is 0. The summed E-state index contributed by atoms with van der Waals surface area (Å²) >= 11 is 7.81. The van der Waals surface area contributed by atoms with E-state index < -0.39 is 0 Å². The molecule has 0 aliphatic heterocycles. The molecule has 1 aromatic carbocycles. The van der Waals surface area contributed by atoms with Gasteiger partial charge in [0.25, 0.3) is 11.8 Å². The number of nitrogens with one attached hydrogen (secondary N) is 2. The fourth-order valence-electron chi connectivity index (χ4n) is 2.14. The van der Waals surface area contributed by atoms with Gasteiger partial charge in [0, 0.05) is 5.69 Å². The fraction of sp³-hybridized carbons (Fsp3) is 0.0556. The third-order valence-corrected chi connectivity index (χ3v) is 5.51. The van der Waals surface area contributed by atoms with E-state index in [-0.39, 0.29) is 17.6 Å². The molecule has 138 valence electrons. The van der Waals surface area contributed by atoms with Crippen molar-refractivity contribution in [3.8, 4) is 0 Å². The molecule has 0 fully saturated rings. The molecule has 0 radical (unpaired) electrons. The molecule has 3 rings (SSSR count). The maximum Gasteiger partial charge on any atom is 0.291 e. The molecule has 27 heavy (non-hydrogen) atoms. The Hall–Kier alpha value is -2.23. The molecular weight excluding hydrogens is 498 g/mol. The minimum atomic E-state index is -0.357. The van der Waals surface area contributed by atoms with Crippen LogP contribution in [-0.4, -0.2) is 17.5 Å². The minimum absolute atomic E-state index is 0.201. The molecule has 2 N–H and O–H groups in total.